The van der Waals surface area contributed by atoms with Gasteiger partial charge in [0.1, 0.15) is 5.75 Å². The Balaban J connectivity index is 1.98. The first kappa shape index (κ1) is 13.3. The van der Waals surface area contributed by atoms with Crippen LogP contribution in [0.25, 0.3) is 10.8 Å². The van der Waals surface area contributed by atoms with Crippen molar-refractivity contribution in [1.29, 1.82) is 0 Å². The average molecular weight is 301 g/mol. The summed E-state index contributed by atoms with van der Waals surface area (Å²) in [4.78, 5) is 10.7. The third kappa shape index (κ3) is 2.64. The van der Waals surface area contributed by atoms with Gasteiger partial charge in [0.15, 0.2) is 5.69 Å². The fraction of sp³-hybridized carbons (Fsp3) is 0. The van der Waals surface area contributed by atoms with E-state index in [0.717, 1.165) is 10.8 Å². The molecule has 0 unspecified atom stereocenters. The Morgan fingerprint density at radius 1 is 1.00 bits per heavy atom. The predicted molar refractivity (Wildman–Crippen MR) is 78.0 cm³/mol. The lowest BCUT2D eigenvalue weighted by molar-refractivity contribution is 0.0689. The summed E-state index contributed by atoms with van der Waals surface area (Å²) in [5.41, 5.74) is -0.136. The van der Waals surface area contributed by atoms with Crippen molar-refractivity contribution in [3.05, 3.63) is 59.2 Å². The molecule has 6 heteroatoms. The second-order valence-corrected chi connectivity index (χ2v) is 4.66. The molecule has 0 aliphatic heterocycles. The third-order valence-corrected chi connectivity index (χ3v) is 3.23. The second-order valence-electron chi connectivity index (χ2n) is 4.26. The maximum atomic E-state index is 10.7. The van der Waals surface area contributed by atoms with Gasteiger partial charge >= 0.3 is 5.97 Å². The minimum absolute atomic E-state index is 0.136. The molecule has 0 spiro atoms. The smallest absolute Gasteiger partial charge is 0.356 e. The summed E-state index contributed by atoms with van der Waals surface area (Å²) in [7, 11) is 0. The van der Waals surface area contributed by atoms with Crippen LogP contribution in [-0.2, 0) is 0 Å². The number of halogens is 1. The summed E-state index contributed by atoms with van der Waals surface area (Å²) in [5.74, 6) is -0.342. The van der Waals surface area contributed by atoms with Crippen LogP contribution in [0.3, 0.4) is 0 Å². The van der Waals surface area contributed by atoms with Crippen LogP contribution in [-0.4, -0.2) is 21.3 Å². The Morgan fingerprint density at radius 3 is 2.43 bits per heavy atom. The molecule has 0 saturated carbocycles. The Labute approximate surface area is 124 Å². The molecule has 104 valence electrons. The molecule has 0 aliphatic carbocycles. The van der Waals surface area contributed by atoms with Crippen LogP contribution >= 0.6 is 11.6 Å². The van der Waals surface area contributed by atoms with E-state index in [9.17, 15) is 4.79 Å². The number of ether oxygens (including phenoxy) is 1. The number of hydrogen-bond donors (Lipinski definition) is 1. The van der Waals surface area contributed by atoms with Gasteiger partial charge in [-0.3, -0.25) is 0 Å². The highest BCUT2D eigenvalue weighted by atomic mass is 35.5. The number of nitrogens with zero attached hydrogens (tertiary/aromatic N) is 2. The molecular formula is C15H9ClN2O3. The Hall–Kier alpha value is -2.66. The van der Waals surface area contributed by atoms with E-state index in [1.54, 1.807) is 12.1 Å². The van der Waals surface area contributed by atoms with Gasteiger partial charge in [0.25, 0.3) is 0 Å². The molecule has 2 aromatic carbocycles. The van der Waals surface area contributed by atoms with Crippen LogP contribution in [0.15, 0.2) is 48.5 Å². The topological polar surface area (TPSA) is 72.3 Å². The van der Waals surface area contributed by atoms with Crippen molar-refractivity contribution in [2.75, 3.05) is 0 Å². The van der Waals surface area contributed by atoms with E-state index in [1.807, 2.05) is 24.3 Å². The molecule has 1 aromatic heterocycles. The molecule has 0 saturated heterocycles. The van der Waals surface area contributed by atoms with E-state index >= 15 is 0 Å². The highest BCUT2D eigenvalue weighted by Gasteiger charge is 2.09. The van der Waals surface area contributed by atoms with E-state index in [-0.39, 0.29) is 11.6 Å². The number of aromatic carboxylic acids is 1. The van der Waals surface area contributed by atoms with Crippen LogP contribution in [0.5, 0.6) is 11.6 Å². The molecule has 0 fully saturated rings. The van der Waals surface area contributed by atoms with Crippen molar-refractivity contribution in [2.45, 2.75) is 0 Å². The van der Waals surface area contributed by atoms with Gasteiger partial charge in [-0.25, -0.2) is 4.79 Å². The Morgan fingerprint density at radius 2 is 1.76 bits per heavy atom. The van der Waals surface area contributed by atoms with Crippen molar-refractivity contribution in [2.24, 2.45) is 0 Å². The first-order valence-corrected chi connectivity index (χ1v) is 6.45. The number of rotatable bonds is 3. The highest BCUT2D eigenvalue weighted by Crippen LogP contribution is 2.33. The minimum Gasteiger partial charge on any atom is -0.476 e. The van der Waals surface area contributed by atoms with Gasteiger partial charge in [0, 0.05) is 21.9 Å². The summed E-state index contributed by atoms with van der Waals surface area (Å²) < 4.78 is 5.66. The number of hydrogen-bond acceptors (Lipinski definition) is 4. The fourth-order valence-electron chi connectivity index (χ4n) is 1.92. The monoisotopic (exact) mass is 300 g/mol. The standard InChI is InChI=1S/C15H9ClN2O3/c16-11-5-7-13(10-4-2-1-3-9(10)11)21-14-8-6-12(15(19)20)17-18-14/h1-8H,(H,19,20). The Kier molecular flexibility index (Phi) is 3.41. The van der Waals surface area contributed by atoms with Crippen LogP contribution in [0, 0.1) is 0 Å². The number of carboxylic acids is 1. The maximum Gasteiger partial charge on any atom is 0.356 e. The first-order chi connectivity index (χ1) is 10.1. The lowest BCUT2D eigenvalue weighted by Gasteiger charge is -2.08. The highest BCUT2D eigenvalue weighted by molar-refractivity contribution is 6.35. The van der Waals surface area contributed by atoms with Crippen molar-refractivity contribution >= 4 is 28.3 Å². The van der Waals surface area contributed by atoms with E-state index < -0.39 is 5.97 Å². The zero-order chi connectivity index (χ0) is 14.8. The quantitative estimate of drug-likeness (QED) is 0.797. The number of aromatic nitrogens is 2. The lowest BCUT2D eigenvalue weighted by atomic mass is 10.1. The van der Waals surface area contributed by atoms with Gasteiger partial charge in [-0.15, -0.1) is 10.2 Å². The third-order valence-electron chi connectivity index (χ3n) is 2.90. The average Bonchev–Trinajstić information content (AvgIpc) is 2.51. The van der Waals surface area contributed by atoms with E-state index in [0.29, 0.717) is 10.8 Å². The van der Waals surface area contributed by atoms with Crippen molar-refractivity contribution in [1.82, 2.24) is 10.2 Å². The molecule has 0 bridgehead atoms. The zero-order valence-corrected chi connectivity index (χ0v) is 11.4. The molecule has 0 atom stereocenters. The number of carbonyl (C=O) groups is 1. The van der Waals surface area contributed by atoms with Crippen LogP contribution in [0.1, 0.15) is 10.5 Å². The predicted octanol–water partition coefficient (Wildman–Crippen LogP) is 3.77. The van der Waals surface area contributed by atoms with Gasteiger partial charge in [-0.2, -0.15) is 0 Å². The number of fused-ring (bicyclic) bond motifs is 1. The summed E-state index contributed by atoms with van der Waals surface area (Å²) in [6, 6.07) is 13.8. The zero-order valence-electron chi connectivity index (χ0n) is 10.7. The van der Waals surface area contributed by atoms with Gasteiger partial charge in [-0.1, -0.05) is 35.9 Å². The number of benzene rings is 2. The first-order valence-electron chi connectivity index (χ1n) is 6.07. The largest absolute Gasteiger partial charge is 0.476 e. The van der Waals surface area contributed by atoms with E-state index in [1.165, 1.54) is 12.1 Å². The van der Waals surface area contributed by atoms with Crippen molar-refractivity contribution in [3.63, 3.8) is 0 Å². The molecule has 1 N–H and O–H groups in total. The molecule has 3 rings (SSSR count). The molecule has 3 aromatic rings. The summed E-state index contributed by atoms with van der Waals surface area (Å²) in [5, 5.41) is 18.4. The molecule has 0 aliphatic rings. The van der Waals surface area contributed by atoms with Crippen LogP contribution < -0.4 is 4.74 Å². The summed E-state index contributed by atoms with van der Waals surface area (Å²) in [6.45, 7) is 0. The summed E-state index contributed by atoms with van der Waals surface area (Å²) in [6.07, 6.45) is 0. The van der Waals surface area contributed by atoms with Crippen LogP contribution in [0.2, 0.25) is 5.02 Å². The second kappa shape index (κ2) is 5.38. The van der Waals surface area contributed by atoms with E-state index in [2.05, 4.69) is 10.2 Å². The molecule has 1 heterocycles. The van der Waals surface area contributed by atoms with Gasteiger partial charge in [-0.05, 0) is 18.2 Å². The van der Waals surface area contributed by atoms with Gasteiger partial charge in [0.05, 0.1) is 0 Å². The van der Waals surface area contributed by atoms with Crippen LogP contribution in [0.4, 0.5) is 0 Å². The minimum atomic E-state index is -1.13. The molecule has 0 amide bonds. The number of carboxylic acid groups (broad SMARTS) is 1. The Bertz CT molecular complexity index is 819. The fourth-order valence-corrected chi connectivity index (χ4v) is 2.15. The molecule has 21 heavy (non-hydrogen) atoms. The van der Waals surface area contributed by atoms with Gasteiger partial charge in [0.2, 0.25) is 5.88 Å². The SMILES string of the molecule is O=C(O)c1ccc(Oc2ccc(Cl)c3ccccc23)nn1. The van der Waals surface area contributed by atoms with Crippen molar-refractivity contribution < 1.29 is 14.6 Å². The van der Waals surface area contributed by atoms with Crippen molar-refractivity contribution in [3.8, 4) is 11.6 Å². The lowest BCUT2D eigenvalue weighted by Crippen LogP contribution is -2.02. The molecule has 0 radical (unpaired) electrons. The van der Waals surface area contributed by atoms with E-state index in [4.69, 9.17) is 21.4 Å². The maximum absolute atomic E-state index is 10.7. The summed E-state index contributed by atoms with van der Waals surface area (Å²) >= 11 is 6.14. The van der Waals surface area contributed by atoms with Gasteiger partial charge < -0.3 is 9.84 Å². The normalized spacial score (nSPS) is 10.5. The molecule has 5 nitrogen and oxygen atoms in total. The molecular weight excluding hydrogens is 292 g/mol.